The highest BCUT2D eigenvalue weighted by atomic mass is 32.2. The Morgan fingerprint density at radius 2 is 1.91 bits per heavy atom. The van der Waals surface area contributed by atoms with E-state index in [-0.39, 0.29) is 61.5 Å². The molecule has 0 radical (unpaired) electrons. The van der Waals surface area contributed by atoms with Gasteiger partial charge in [0.2, 0.25) is 27.7 Å². The number of rotatable bonds is 14. The van der Waals surface area contributed by atoms with Crippen molar-refractivity contribution >= 4 is 44.2 Å². The molecule has 2 amide bonds. The van der Waals surface area contributed by atoms with Gasteiger partial charge in [-0.15, -0.1) is 6.58 Å². The van der Waals surface area contributed by atoms with E-state index in [4.69, 9.17) is 4.74 Å². The first-order valence-corrected chi connectivity index (χ1v) is 17.0. The number of nitrogens with one attached hydrogen (secondary N) is 1. The fourth-order valence-electron chi connectivity index (χ4n) is 6.38. The van der Waals surface area contributed by atoms with Gasteiger partial charge in [0.15, 0.2) is 11.6 Å². The summed E-state index contributed by atoms with van der Waals surface area (Å²) in [6, 6.07) is 6.84. The third kappa shape index (κ3) is 6.73. The monoisotopic (exact) mass is 635 g/mol. The first-order chi connectivity index (χ1) is 21.3. The maximum Gasteiger partial charge on any atom is 0.240 e. The number of hydrogen-bond acceptors (Lipinski definition) is 8. The fraction of sp³-hybridized carbons (Fsp3) is 0.500. The van der Waals surface area contributed by atoms with Crippen molar-refractivity contribution in [3.63, 3.8) is 0 Å². The molecule has 10 nitrogen and oxygen atoms in total. The van der Waals surface area contributed by atoms with E-state index in [1.165, 1.54) is 11.0 Å². The zero-order valence-electron chi connectivity index (χ0n) is 26.0. The number of aryl methyl sites for hydroxylation is 1. The number of benzene rings is 1. The first-order valence-electron chi connectivity index (χ1n) is 15.5. The van der Waals surface area contributed by atoms with Crippen molar-refractivity contribution in [3.05, 3.63) is 61.3 Å². The summed E-state index contributed by atoms with van der Waals surface area (Å²) in [6.07, 6.45) is 4.97. The minimum absolute atomic E-state index is 0.0446. The van der Waals surface area contributed by atoms with Gasteiger partial charge in [-0.1, -0.05) is 44.2 Å². The molecule has 2 aliphatic carbocycles. The zero-order chi connectivity index (χ0) is 32.7. The Balaban J connectivity index is 1.42. The summed E-state index contributed by atoms with van der Waals surface area (Å²) in [5.74, 6) is -2.56. The van der Waals surface area contributed by atoms with Crippen molar-refractivity contribution in [2.75, 3.05) is 6.54 Å². The number of nitrogens with zero attached hydrogens (tertiary/aromatic N) is 2. The van der Waals surface area contributed by atoms with E-state index in [2.05, 4.69) is 22.9 Å². The smallest absolute Gasteiger partial charge is 0.240 e. The third-order valence-electron chi connectivity index (χ3n) is 9.41. The maximum absolute atomic E-state index is 14.1. The van der Waals surface area contributed by atoms with Crippen molar-refractivity contribution in [2.24, 2.45) is 23.2 Å². The summed E-state index contributed by atoms with van der Waals surface area (Å²) in [7, 11) is -3.82. The van der Waals surface area contributed by atoms with E-state index < -0.39 is 44.7 Å². The molecule has 1 aromatic carbocycles. The molecule has 3 fully saturated rings. The average molecular weight is 636 g/mol. The lowest BCUT2D eigenvalue weighted by atomic mass is 9.88. The molecule has 11 heteroatoms. The van der Waals surface area contributed by atoms with Gasteiger partial charge in [0.25, 0.3) is 0 Å². The predicted molar refractivity (Wildman–Crippen MR) is 170 cm³/mol. The Morgan fingerprint density at radius 1 is 1.18 bits per heavy atom. The number of pyridine rings is 1. The van der Waals surface area contributed by atoms with Gasteiger partial charge in [0.1, 0.15) is 6.10 Å². The number of likely N-dealkylation sites (tertiary alicyclic amines) is 1. The van der Waals surface area contributed by atoms with E-state index in [1.54, 1.807) is 12.3 Å². The van der Waals surface area contributed by atoms with Gasteiger partial charge in [-0.2, -0.15) is 0 Å². The van der Waals surface area contributed by atoms with Crippen LogP contribution in [-0.4, -0.2) is 65.6 Å². The molecular formula is C34H41N3O7S. The number of ketones is 2. The number of carbonyl (C=O) groups excluding carboxylic acids is 4. The lowest BCUT2D eigenvalue weighted by Gasteiger charge is -2.30. The second-order valence-corrected chi connectivity index (χ2v) is 15.0. The topological polar surface area (TPSA) is 140 Å². The Kier molecular flexibility index (Phi) is 9.04. The van der Waals surface area contributed by atoms with E-state index in [9.17, 15) is 27.6 Å². The number of carbonyl (C=O) groups is 4. The van der Waals surface area contributed by atoms with Gasteiger partial charge in [0, 0.05) is 36.8 Å². The van der Waals surface area contributed by atoms with Crippen LogP contribution in [0.15, 0.2) is 55.8 Å². The maximum atomic E-state index is 14.1. The van der Waals surface area contributed by atoms with Crippen LogP contribution in [0.5, 0.6) is 5.88 Å². The van der Waals surface area contributed by atoms with Crippen LogP contribution in [-0.2, 0) is 29.2 Å². The van der Waals surface area contributed by atoms with Gasteiger partial charge in [0.05, 0.1) is 23.3 Å². The number of Topliss-reactive ketones (excluding diaryl/α,β-unsaturated/α-hetero) is 1. The molecule has 2 saturated carbocycles. The molecule has 1 N–H and O–H groups in total. The molecule has 45 heavy (non-hydrogen) atoms. The average Bonchev–Trinajstić information content (AvgIpc) is 3.92. The van der Waals surface area contributed by atoms with Crippen LogP contribution in [0.1, 0.15) is 57.9 Å². The van der Waals surface area contributed by atoms with E-state index in [1.807, 2.05) is 45.0 Å². The summed E-state index contributed by atoms with van der Waals surface area (Å²) in [6.45, 7) is 13.1. The minimum atomic E-state index is -3.82. The van der Waals surface area contributed by atoms with Crippen molar-refractivity contribution in [1.29, 1.82) is 0 Å². The Hall–Kier alpha value is -3.86. The number of allylic oxidation sites excluding steroid dienone is 2. The van der Waals surface area contributed by atoms with Crippen LogP contribution in [0.3, 0.4) is 0 Å². The van der Waals surface area contributed by atoms with Crippen molar-refractivity contribution in [2.45, 2.75) is 76.7 Å². The normalized spacial score (nSPS) is 25.1. The van der Waals surface area contributed by atoms with Crippen LogP contribution in [0.2, 0.25) is 0 Å². The number of sulfonamides is 1. The van der Waals surface area contributed by atoms with Crippen LogP contribution >= 0.6 is 0 Å². The summed E-state index contributed by atoms with van der Waals surface area (Å²) >= 11 is 0. The highest BCUT2D eigenvalue weighted by Gasteiger charge is 2.61. The summed E-state index contributed by atoms with van der Waals surface area (Å²) in [5.41, 5.74) is -0.169. The number of fused-ring (bicyclic) bond motifs is 1. The number of amides is 2. The van der Waals surface area contributed by atoms with E-state index in [0.717, 1.165) is 16.3 Å². The lowest BCUT2D eigenvalue weighted by molar-refractivity contribution is -0.144. The molecule has 5 rings (SSSR count). The van der Waals surface area contributed by atoms with Gasteiger partial charge in [-0.3, -0.25) is 23.9 Å². The molecule has 2 heterocycles. The summed E-state index contributed by atoms with van der Waals surface area (Å²) in [4.78, 5) is 59.7. The van der Waals surface area contributed by atoms with Crippen LogP contribution in [0.4, 0.5) is 0 Å². The molecule has 1 aromatic heterocycles. The molecule has 0 spiro atoms. The number of ether oxygens (including phenoxy) is 1. The second kappa shape index (κ2) is 12.5. The molecule has 0 bridgehead atoms. The molecule has 5 atom stereocenters. The molecular weight excluding hydrogens is 594 g/mol. The van der Waals surface area contributed by atoms with E-state index in [0.29, 0.717) is 18.7 Å². The van der Waals surface area contributed by atoms with E-state index >= 15 is 0 Å². The molecule has 0 unspecified atom stereocenters. The Morgan fingerprint density at radius 3 is 2.53 bits per heavy atom. The second-order valence-electron chi connectivity index (χ2n) is 13.1. The van der Waals surface area contributed by atoms with Crippen LogP contribution in [0.25, 0.3) is 10.8 Å². The van der Waals surface area contributed by atoms with Crippen LogP contribution in [0, 0.1) is 30.1 Å². The quantitative estimate of drug-likeness (QED) is 0.242. The van der Waals surface area contributed by atoms with Crippen molar-refractivity contribution in [1.82, 2.24) is 14.6 Å². The highest BCUT2D eigenvalue weighted by Crippen LogP contribution is 2.57. The molecule has 240 valence electrons. The standard InChI is InChI=1S/C34H41N3O7S/c1-6-23-17-34(23,33(41)36-45(42,43)26-9-10-26)18-30(39)29-16-25(19-37(29)32(40)28(20(3)4)15-24(38)7-2)44-31-27-11-8-21(5)14-22(27)12-13-35-31/h6-8,11-14,20,23,25-26,28-29H,1-2,9-10,15-19H2,3-5H3,(H,36,41)/t23-,25-,28-,29+,34-/m1/s1. The minimum Gasteiger partial charge on any atom is -0.472 e. The van der Waals surface area contributed by atoms with Gasteiger partial charge in [-0.25, -0.2) is 13.4 Å². The predicted octanol–water partition coefficient (Wildman–Crippen LogP) is 4.07. The Labute approximate surface area is 264 Å². The molecule has 1 aliphatic heterocycles. The Bertz CT molecular complexity index is 1660. The molecule has 2 aromatic rings. The zero-order valence-corrected chi connectivity index (χ0v) is 26.8. The number of hydrogen-bond donors (Lipinski definition) is 1. The number of aromatic nitrogens is 1. The largest absolute Gasteiger partial charge is 0.472 e. The highest BCUT2D eigenvalue weighted by molar-refractivity contribution is 7.90. The van der Waals surface area contributed by atoms with Gasteiger partial charge < -0.3 is 9.64 Å². The van der Waals surface area contributed by atoms with Crippen molar-refractivity contribution in [3.8, 4) is 5.88 Å². The summed E-state index contributed by atoms with van der Waals surface area (Å²) in [5, 5.41) is 1.15. The summed E-state index contributed by atoms with van der Waals surface area (Å²) < 4.78 is 33.7. The SMILES string of the molecule is C=CC(=O)C[C@@H](C(=O)N1C[C@H](Oc2nccc3cc(C)ccc23)C[C@H]1C(=O)C[C@]1(C(=O)NS(=O)(=O)C2CC2)C[C@H]1C=C)C(C)C. The van der Waals surface area contributed by atoms with Crippen LogP contribution < -0.4 is 9.46 Å². The van der Waals surface area contributed by atoms with Gasteiger partial charge >= 0.3 is 0 Å². The van der Waals surface area contributed by atoms with Gasteiger partial charge in [-0.05, 0) is 61.6 Å². The first kappa shape index (κ1) is 32.5. The molecule has 1 saturated heterocycles. The fourth-order valence-corrected chi connectivity index (χ4v) is 7.77. The lowest BCUT2D eigenvalue weighted by Crippen LogP contribution is -2.47. The third-order valence-corrected chi connectivity index (χ3v) is 11.2. The molecule has 3 aliphatic rings. The van der Waals surface area contributed by atoms with Crippen molar-refractivity contribution < 1.29 is 32.3 Å².